The van der Waals surface area contributed by atoms with Crippen LogP contribution >= 0.6 is 0 Å². The van der Waals surface area contributed by atoms with Crippen molar-refractivity contribution in [1.29, 1.82) is 0 Å². The lowest BCUT2D eigenvalue weighted by atomic mass is 10.1. The minimum absolute atomic E-state index is 0.0780. The maximum absolute atomic E-state index is 10.9. The van der Waals surface area contributed by atoms with E-state index < -0.39 is 0 Å². The molecule has 0 aliphatic carbocycles. The molecule has 4 heteroatoms. The van der Waals surface area contributed by atoms with Gasteiger partial charge < -0.3 is 10.1 Å². The van der Waals surface area contributed by atoms with E-state index in [-0.39, 0.29) is 5.91 Å². The number of nitrogens with one attached hydrogen (secondary N) is 1. The average Bonchev–Trinajstić information content (AvgIpc) is 2.39. The molecule has 1 aromatic carbocycles. The monoisotopic (exact) mass is 242 g/mol. The Bertz CT molecular complexity index is 550. The van der Waals surface area contributed by atoms with Crippen molar-refractivity contribution in [3.63, 3.8) is 0 Å². The van der Waals surface area contributed by atoms with E-state index in [1.165, 1.54) is 6.92 Å². The van der Waals surface area contributed by atoms with Crippen molar-refractivity contribution < 1.29 is 9.53 Å². The second-order valence-corrected chi connectivity index (χ2v) is 3.87. The van der Waals surface area contributed by atoms with Crippen molar-refractivity contribution in [1.82, 2.24) is 4.98 Å². The lowest BCUT2D eigenvalue weighted by Crippen LogP contribution is -2.05. The van der Waals surface area contributed by atoms with Gasteiger partial charge >= 0.3 is 0 Å². The predicted molar refractivity (Wildman–Crippen MR) is 70.5 cm³/mol. The van der Waals surface area contributed by atoms with Crippen LogP contribution in [-0.2, 0) is 4.79 Å². The van der Waals surface area contributed by atoms with Crippen LogP contribution in [0.5, 0.6) is 5.75 Å². The average molecular weight is 242 g/mol. The number of anilines is 1. The van der Waals surface area contributed by atoms with E-state index in [1.807, 2.05) is 30.3 Å². The highest BCUT2D eigenvalue weighted by Crippen LogP contribution is 2.23. The van der Waals surface area contributed by atoms with Gasteiger partial charge in [0.2, 0.25) is 5.91 Å². The van der Waals surface area contributed by atoms with E-state index in [4.69, 9.17) is 4.74 Å². The van der Waals surface area contributed by atoms with Crippen LogP contribution in [0, 0.1) is 0 Å². The van der Waals surface area contributed by atoms with Gasteiger partial charge in [0, 0.05) is 24.4 Å². The van der Waals surface area contributed by atoms with Crippen LogP contribution in [-0.4, -0.2) is 18.0 Å². The molecular weight excluding hydrogens is 228 g/mol. The Morgan fingerprint density at radius 2 is 1.89 bits per heavy atom. The number of rotatable bonds is 3. The van der Waals surface area contributed by atoms with Crippen molar-refractivity contribution in [3.8, 4) is 16.9 Å². The Morgan fingerprint density at radius 1 is 1.17 bits per heavy atom. The van der Waals surface area contributed by atoms with Gasteiger partial charge in [0.1, 0.15) is 5.75 Å². The van der Waals surface area contributed by atoms with Gasteiger partial charge in [-0.1, -0.05) is 12.1 Å². The summed E-state index contributed by atoms with van der Waals surface area (Å²) < 4.78 is 5.13. The highest BCUT2D eigenvalue weighted by Gasteiger charge is 2.01. The summed E-state index contributed by atoms with van der Waals surface area (Å²) in [6.45, 7) is 1.49. The second-order valence-electron chi connectivity index (χ2n) is 3.87. The fourth-order valence-electron chi connectivity index (χ4n) is 1.64. The summed E-state index contributed by atoms with van der Waals surface area (Å²) in [5, 5.41) is 2.73. The molecule has 0 unspecified atom stereocenters. The van der Waals surface area contributed by atoms with Crippen molar-refractivity contribution in [3.05, 3.63) is 42.7 Å². The molecule has 1 amide bonds. The Labute approximate surface area is 106 Å². The largest absolute Gasteiger partial charge is 0.495 e. The first-order chi connectivity index (χ1) is 8.69. The van der Waals surface area contributed by atoms with Crippen LogP contribution < -0.4 is 10.1 Å². The smallest absolute Gasteiger partial charge is 0.221 e. The number of carbonyl (C=O) groups is 1. The molecule has 0 saturated carbocycles. The molecule has 0 fully saturated rings. The fourth-order valence-corrected chi connectivity index (χ4v) is 1.64. The van der Waals surface area contributed by atoms with Gasteiger partial charge in [-0.15, -0.1) is 0 Å². The molecule has 0 bridgehead atoms. The van der Waals surface area contributed by atoms with E-state index in [0.717, 1.165) is 22.6 Å². The third kappa shape index (κ3) is 2.85. The van der Waals surface area contributed by atoms with Crippen LogP contribution in [0.1, 0.15) is 6.92 Å². The van der Waals surface area contributed by atoms with Gasteiger partial charge in [-0.05, 0) is 23.8 Å². The Morgan fingerprint density at radius 3 is 2.50 bits per heavy atom. The lowest BCUT2D eigenvalue weighted by molar-refractivity contribution is -0.114. The molecule has 4 nitrogen and oxygen atoms in total. The zero-order chi connectivity index (χ0) is 13.0. The van der Waals surface area contributed by atoms with Crippen molar-refractivity contribution in [2.75, 3.05) is 12.4 Å². The maximum atomic E-state index is 10.9. The Balaban J connectivity index is 2.25. The summed E-state index contributed by atoms with van der Waals surface area (Å²) in [6, 6.07) is 9.50. The lowest BCUT2D eigenvalue weighted by Gasteiger charge is -2.06. The molecule has 0 aliphatic heterocycles. The quantitative estimate of drug-likeness (QED) is 0.900. The van der Waals surface area contributed by atoms with E-state index in [2.05, 4.69) is 10.3 Å². The van der Waals surface area contributed by atoms with Gasteiger partial charge in [0.05, 0.1) is 13.3 Å². The molecule has 1 N–H and O–H groups in total. The van der Waals surface area contributed by atoms with Crippen LogP contribution in [0.2, 0.25) is 0 Å². The molecule has 0 atom stereocenters. The minimum atomic E-state index is -0.0780. The number of ether oxygens (including phenoxy) is 1. The van der Waals surface area contributed by atoms with E-state index in [1.54, 1.807) is 19.5 Å². The summed E-state index contributed by atoms with van der Waals surface area (Å²) in [5.41, 5.74) is 2.78. The number of nitrogens with zero attached hydrogens (tertiary/aromatic N) is 1. The number of methoxy groups -OCH3 is 1. The van der Waals surface area contributed by atoms with Crippen molar-refractivity contribution >= 4 is 11.6 Å². The second kappa shape index (κ2) is 5.31. The van der Waals surface area contributed by atoms with Gasteiger partial charge in [0.15, 0.2) is 0 Å². The minimum Gasteiger partial charge on any atom is -0.495 e. The Kier molecular flexibility index (Phi) is 3.57. The molecule has 0 radical (unpaired) electrons. The number of pyridine rings is 1. The number of hydrogen-bond acceptors (Lipinski definition) is 3. The number of hydrogen-bond donors (Lipinski definition) is 1. The topological polar surface area (TPSA) is 51.2 Å². The molecule has 1 heterocycles. The Hall–Kier alpha value is -2.36. The molecular formula is C14H14N2O2. The standard InChI is InChI=1S/C14H14N2O2/c1-10(17)16-13-5-3-11(4-6-13)12-7-14(18-2)9-15-8-12/h3-9H,1-2H3,(H,16,17). The molecule has 0 saturated heterocycles. The number of carbonyl (C=O) groups excluding carboxylic acids is 1. The third-order valence-corrected chi connectivity index (χ3v) is 2.49. The number of aromatic nitrogens is 1. The van der Waals surface area contributed by atoms with Crippen molar-refractivity contribution in [2.45, 2.75) is 6.92 Å². The zero-order valence-corrected chi connectivity index (χ0v) is 10.3. The molecule has 0 spiro atoms. The SMILES string of the molecule is COc1cncc(-c2ccc(NC(C)=O)cc2)c1. The molecule has 2 rings (SSSR count). The number of benzene rings is 1. The van der Waals surface area contributed by atoms with Crippen LogP contribution in [0.25, 0.3) is 11.1 Å². The molecule has 0 aliphatic rings. The highest BCUT2D eigenvalue weighted by molar-refractivity contribution is 5.88. The van der Waals surface area contributed by atoms with E-state index >= 15 is 0 Å². The van der Waals surface area contributed by atoms with Crippen LogP contribution in [0.4, 0.5) is 5.69 Å². The molecule has 1 aromatic heterocycles. The van der Waals surface area contributed by atoms with Gasteiger partial charge in [-0.25, -0.2) is 0 Å². The normalized spacial score (nSPS) is 9.89. The summed E-state index contributed by atoms with van der Waals surface area (Å²) in [6.07, 6.45) is 3.44. The fraction of sp³-hybridized carbons (Fsp3) is 0.143. The molecule has 92 valence electrons. The summed E-state index contributed by atoms with van der Waals surface area (Å²) in [5.74, 6) is 0.643. The predicted octanol–water partition coefficient (Wildman–Crippen LogP) is 2.72. The maximum Gasteiger partial charge on any atom is 0.221 e. The zero-order valence-electron chi connectivity index (χ0n) is 10.3. The summed E-state index contributed by atoms with van der Waals surface area (Å²) in [4.78, 5) is 15.0. The number of amides is 1. The first-order valence-corrected chi connectivity index (χ1v) is 5.56. The third-order valence-electron chi connectivity index (χ3n) is 2.49. The van der Waals surface area contributed by atoms with Crippen LogP contribution in [0.15, 0.2) is 42.7 Å². The van der Waals surface area contributed by atoms with Crippen LogP contribution in [0.3, 0.4) is 0 Å². The van der Waals surface area contributed by atoms with E-state index in [0.29, 0.717) is 0 Å². The van der Waals surface area contributed by atoms with Crippen molar-refractivity contribution in [2.24, 2.45) is 0 Å². The van der Waals surface area contributed by atoms with E-state index in [9.17, 15) is 4.79 Å². The molecule has 2 aromatic rings. The first-order valence-electron chi connectivity index (χ1n) is 5.56. The summed E-state index contributed by atoms with van der Waals surface area (Å²) >= 11 is 0. The van der Waals surface area contributed by atoms with Gasteiger partial charge in [-0.3, -0.25) is 9.78 Å². The summed E-state index contributed by atoms with van der Waals surface area (Å²) in [7, 11) is 1.61. The first kappa shape index (κ1) is 12.1. The molecule has 18 heavy (non-hydrogen) atoms. The van der Waals surface area contributed by atoms with Gasteiger partial charge in [0.25, 0.3) is 0 Å². The highest BCUT2D eigenvalue weighted by atomic mass is 16.5. The van der Waals surface area contributed by atoms with Gasteiger partial charge in [-0.2, -0.15) is 0 Å².